The Morgan fingerprint density at radius 1 is 1.50 bits per heavy atom. The van der Waals surface area contributed by atoms with Gasteiger partial charge in [-0.15, -0.1) is 0 Å². The van der Waals surface area contributed by atoms with Crippen molar-refractivity contribution in [1.82, 2.24) is 4.98 Å². The molecule has 0 saturated heterocycles. The summed E-state index contributed by atoms with van der Waals surface area (Å²) in [6, 6.07) is 3.70. The van der Waals surface area contributed by atoms with Crippen LogP contribution in [0.5, 0.6) is 0 Å². The summed E-state index contributed by atoms with van der Waals surface area (Å²) in [6.45, 7) is 1.92. The molecule has 0 spiro atoms. The van der Waals surface area contributed by atoms with Crippen molar-refractivity contribution >= 4 is 33.2 Å². The second-order valence-corrected chi connectivity index (χ2v) is 4.03. The molecule has 1 aromatic carbocycles. The van der Waals surface area contributed by atoms with E-state index in [1.54, 1.807) is 6.07 Å². The minimum Gasteiger partial charge on any atom is -0.312 e. The first-order chi connectivity index (χ1) is 5.66. The lowest BCUT2D eigenvalue weighted by Gasteiger charge is -1.95. The van der Waals surface area contributed by atoms with E-state index < -0.39 is 0 Å². The topological polar surface area (TPSA) is 32.9 Å². The second kappa shape index (κ2) is 2.61. The zero-order valence-electron chi connectivity index (χ0n) is 6.35. The van der Waals surface area contributed by atoms with Crippen molar-refractivity contribution in [3.05, 3.63) is 32.4 Å². The molecule has 0 aliphatic rings. The zero-order chi connectivity index (χ0) is 8.72. The first kappa shape index (κ1) is 7.83. The Morgan fingerprint density at radius 2 is 2.25 bits per heavy atom. The van der Waals surface area contributed by atoms with Crippen LogP contribution in [0, 0.1) is 6.92 Å². The Kier molecular flexibility index (Phi) is 1.70. The van der Waals surface area contributed by atoms with Crippen LogP contribution in [0.25, 0.3) is 10.2 Å². The normalized spacial score (nSPS) is 10.8. The van der Waals surface area contributed by atoms with Crippen LogP contribution in [-0.4, -0.2) is 4.98 Å². The fourth-order valence-corrected chi connectivity index (χ4v) is 2.05. The molecular weight excluding hydrogens is 194 g/mol. The van der Waals surface area contributed by atoms with Crippen LogP contribution in [0.15, 0.2) is 16.9 Å². The number of aromatic amines is 1. The van der Waals surface area contributed by atoms with E-state index in [1.165, 1.54) is 11.3 Å². The number of aryl methyl sites for hydroxylation is 1. The smallest absolute Gasteiger partial charge is 0.305 e. The minimum atomic E-state index is -0.0355. The molecule has 0 saturated carbocycles. The lowest BCUT2D eigenvalue weighted by atomic mass is 10.2. The van der Waals surface area contributed by atoms with Crippen LogP contribution in [0.4, 0.5) is 0 Å². The Balaban J connectivity index is 2.92. The number of fused-ring (bicyclic) bond motifs is 1. The standard InChI is InChI=1S/C8H6ClNOS/c1-4-2-7-6(3-5(4)9)10-8(11)12-7/h2-3H,1H3,(H,10,11). The molecule has 4 heteroatoms. The average Bonchev–Trinajstić information content (AvgIpc) is 2.30. The number of nitrogens with one attached hydrogen (secondary N) is 1. The van der Waals surface area contributed by atoms with Crippen molar-refractivity contribution < 1.29 is 0 Å². The number of rotatable bonds is 0. The number of hydrogen-bond acceptors (Lipinski definition) is 2. The highest BCUT2D eigenvalue weighted by molar-refractivity contribution is 7.16. The van der Waals surface area contributed by atoms with Crippen molar-refractivity contribution in [2.75, 3.05) is 0 Å². The highest BCUT2D eigenvalue weighted by Gasteiger charge is 2.01. The van der Waals surface area contributed by atoms with Gasteiger partial charge in [0, 0.05) is 5.02 Å². The lowest BCUT2D eigenvalue weighted by Crippen LogP contribution is -1.89. The monoisotopic (exact) mass is 199 g/mol. The third-order valence-electron chi connectivity index (χ3n) is 1.70. The third-order valence-corrected chi connectivity index (χ3v) is 2.95. The molecule has 0 amide bonds. The fourth-order valence-electron chi connectivity index (χ4n) is 1.07. The highest BCUT2D eigenvalue weighted by Crippen LogP contribution is 2.23. The summed E-state index contributed by atoms with van der Waals surface area (Å²) in [6.07, 6.45) is 0. The maximum atomic E-state index is 10.9. The first-order valence-corrected chi connectivity index (χ1v) is 4.65. The summed E-state index contributed by atoms with van der Waals surface area (Å²) >= 11 is 7.08. The molecule has 12 heavy (non-hydrogen) atoms. The van der Waals surface area contributed by atoms with Gasteiger partial charge in [0.05, 0.1) is 10.2 Å². The Labute approximate surface area is 77.8 Å². The second-order valence-electron chi connectivity index (χ2n) is 2.61. The van der Waals surface area contributed by atoms with Gasteiger partial charge in [-0.05, 0) is 24.6 Å². The number of benzene rings is 1. The van der Waals surface area contributed by atoms with E-state index in [4.69, 9.17) is 11.6 Å². The number of thiazole rings is 1. The molecule has 0 bridgehead atoms. The van der Waals surface area contributed by atoms with Gasteiger partial charge in [0.15, 0.2) is 0 Å². The molecule has 1 N–H and O–H groups in total. The van der Waals surface area contributed by atoms with Gasteiger partial charge in [-0.2, -0.15) is 0 Å². The Morgan fingerprint density at radius 3 is 3.00 bits per heavy atom. The van der Waals surface area contributed by atoms with Crippen molar-refractivity contribution in [3.8, 4) is 0 Å². The minimum absolute atomic E-state index is 0.0355. The summed E-state index contributed by atoms with van der Waals surface area (Å²) < 4.78 is 0.960. The summed E-state index contributed by atoms with van der Waals surface area (Å²) in [5, 5.41) is 0.691. The number of hydrogen-bond donors (Lipinski definition) is 1. The quantitative estimate of drug-likeness (QED) is 0.695. The van der Waals surface area contributed by atoms with E-state index in [0.717, 1.165) is 15.8 Å². The van der Waals surface area contributed by atoms with Gasteiger partial charge in [0.2, 0.25) is 0 Å². The van der Waals surface area contributed by atoms with Crippen LogP contribution in [0.3, 0.4) is 0 Å². The summed E-state index contributed by atoms with van der Waals surface area (Å²) in [5.41, 5.74) is 1.82. The average molecular weight is 200 g/mol. The first-order valence-electron chi connectivity index (χ1n) is 3.46. The number of H-pyrrole nitrogens is 1. The predicted octanol–water partition coefficient (Wildman–Crippen LogP) is 2.55. The van der Waals surface area contributed by atoms with E-state index in [2.05, 4.69) is 4.98 Å². The van der Waals surface area contributed by atoms with Gasteiger partial charge in [-0.1, -0.05) is 22.9 Å². The molecule has 62 valence electrons. The predicted molar refractivity (Wildman–Crippen MR) is 52.2 cm³/mol. The molecule has 2 nitrogen and oxygen atoms in total. The highest BCUT2D eigenvalue weighted by atomic mass is 35.5. The van der Waals surface area contributed by atoms with E-state index in [0.29, 0.717) is 5.02 Å². The van der Waals surface area contributed by atoms with Gasteiger partial charge in [-0.3, -0.25) is 4.79 Å². The molecule has 0 fully saturated rings. The van der Waals surface area contributed by atoms with Crippen molar-refractivity contribution in [1.29, 1.82) is 0 Å². The molecule has 0 radical (unpaired) electrons. The van der Waals surface area contributed by atoms with Crippen LogP contribution in [0.2, 0.25) is 5.02 Å². The van der Waals surface area contributed by atoms with Crippen molar-refractivity contribution in [3.63, 3.8) is 0 Å². The Bertz CT molecular complexity index is 443. The maximum Gasteiger partial charge on any atom is 0.305 e. The summed E-state index contributed by atoms with van der Waals surface area (Å²) in [4.78, 5) is 13.6. The molecule has 2 rings (SSSR count). The van der Waals surface area contributed by atoms with E-state index >= 15 is 0 Å². The van der Waals surface area contributed by atoms with Crippen LogP contribution in [-0.2, 0) is 0 Å². The lowest BCUT2D eigenvalue weighted by molar-refractivity contribution is 1.40. The number of halogens is 1. The van der Waals surface area contributed by atoms with E-state index in [-0.39, 0.29) is 4.87 Å². The van der Waals surface area contributed by atoms with Crippen LogP contribution < -0.4 is 4.87 Å². The fraction of sp³-hybridized carbons (Fsp3) is 0.125. The summed E-state index contributed by atoms with van der Waals surface area (Å²) in [5.74, 6) is 0. The zero-order valence-corrected chi connectivity index (χ0v) is 7.92. The van der Waals surface area contributed by atoms with Crippen LogP contribution >= 0.6 is 22.9 Å². The van der Waals surface area contributed by atoms with Gasteiger partial charge in [0.1, 0.15) is 0 Å². The maximum absolute atomic E-state index is 10.9. The van der Waals surface area contributed by atoms with Crippen LogP contribution in [0.1, 0.15) is 5.56 Å². The van der Waals surface area contributed by atoms with E-state index in [9.17, 15) is 4.79 Å². The Hall–Kier alpha value is -0.800. The molecule has 1 aromatic heterocycles. The largest absolute Gasteiger partial charge is 0.312 e. The third kappa shape index (κ3) is 1.15. The van der Waals surface area contributed by atoms with Gasteiger partial charge >= 0.3 is 4.87 Å². The molecule has 0 aliphatic carbocycles. The molecule has 0 unspecified atom stereocenters. The van der Waals surface area contributed by atoms with Gasteiger partial charge in [0.25, 0.3) is 0 Å². The van der Waals surface area contributed by atoms with Crippen molar-refractivity contribution in [2.45, 2.75) is 6.92 Å². The van der Waals surface area contributed by atoms with Gasteiger partial charge < -0.3 is 4.98 Å². The van der Waals surface area contributed by atoms with Gasteiger partial charge in [-0.25, -0.2) is 0 Å². The SMILES string of the molecule is Cc1cc2sc(=O)[nH]c2cc1Cl. The van der Waals surface area contributed by atoms with Crippen molar-refractivity contribution in [2.24, 2.45) is 0 Å². The molecule has 0 aliphatic heterocycles. The molecule has 2 aromatic rings. The number of aromatic nitrogens is 1. The molecule has 1 heterocycles. The van der Waals surface area contributed by atoms with E-state index in [1.807, 2.05) is 13.0 Å². The summed E-state index contributed by atoms with van der Waals surface area (Å²) in [7, 11) is 0. The molecular formula is C8H6ClNOS. The molecule has 0 atom stereocenters.